The zero-order chi connectivity index (χ0) is 14.0. The second kappa shape index (κ2) is 5.49. The molecule has 19 heavy (non-hydrogen) atoms. The molecule has 1 aliphatic heterocycles. The Morgan fingerprint density at radius 3 is 2.89 bits per heavy atom. The van der Waals surface area contributed by atoms with Gasteiger partial charge in [0.25, 0.3) is 5.91 Å². The van der Waals surface area contributed by atoms with Gasteiger partial charge in [-0.1, -0.05) is 13.8 Å². The number of carbonyl (C=O) groups excluding carboxylic acids is 1. The lowest BCUT2D eigenvalue weighted by molar-refractivity contribution is 0.0779. The molecule has 0 aliphatic carbocycles. The van der Waals surface area contributed by atoms with Crippen molar-refractivity contribution in [3.05, 3.63) is 22.3 Å². The number of rotatable bonds is 3. The number of amides is 1. The predicted molar refractivity (Wildman–Crippen MR) is 80.4 cm³/mol. The molecule has 0 saturated carbocycles. The Hall–Kier alpha value is -1.10. The molecule has 1 amide bonds. The van der Waals surface area contributed by atoms with Gasteiger partial charge in [0.05, 0.1) is 5.56 Å². The minimum Gasteiger partial charge on any atom is -0.370 e. The third-order valence-electron chi connectivity index (χ3n) is 3.39. The molecule has 1 saturated heterocycles. The number of aromatic nitrogens is 1. The normalized spacial score (nSPS) is 17.6. The van der Waals surface area contributed by atoms with E-state index in [0.717, 1.165) is 30.5 Å². The van der Waals surface area contributed by atoms with Gasteiger partial charge in [-0.2, -0.15) is 0 Å². The van der Waals surface area contributed by atoms with Gasteiger partial charge in [0.1, 0.15) is 5.82 Å². The third-order valence-corrected chi connectivity index (χ3v) is 3.83. The average Bonchev–Trinajstić information content (AvgIpc) is 2.71. The largest absolute Gasteiger partial charge is 0.370 e. The minimum atomic E-state index is 0.0651. The number of hydrogen-bond acceptors (Lipinski definition) is 3. The first kappa shape index (κ1) is 14.3. The van der Waals surface area contributed by atoms with Crippen molar-refractivity contribution < 1.29 is 4.79 Å². The summed E-state index contributed by atoms with van der Waals surface area (Å²) in [6, 6.07) is 1.85. The molecule has 4 nitrogen and oxygen atoms in total. The van der Waals surface area contributed by atoms with Crippen LogP contribution in [0.5, 0.6) is 0 Å². The van der Waals surface area contributed by atoms with Crippen LogP contribution < -0.4 is 5.32 Å². The number of nitrogens with zero attached hydrogens (tertiary/aromatic N) is 2. The highest BCUT2D eigenvalue weighted by molar-refractivity contribution is 9.10. The fourth-order valence-electron chi connectivity index (χ4n) is 2.37. The van der Waals surface area contributed by atoms with E-state index in [9.17, 15) is 4.79 Å². The van der Waals surface area contributed by atoms with Crippen molar-refractivity contribution in [1.29, 1.82) is 0 Å². The molecule has 1 aliphatic rings. The molecule has 104 valence electrons. The van der Waals surface area contributed by atoms with Crippen LogP contribution in [0.3, 0.4) is 0 Å². The first-order valence-corrected chi connectivity index (χ1v) is 7.41. The van der Waals surface area contributed by atoms with Crippen LogP contribution in [0.15, 0.2) is 16.7 Å². The third kappa shape index (κ3) is 3.26. The van der Waals surface area contributed by atoms with Crippen molar-refractivity contribution in [1.82, 2.24) is 9.88 Å². The molecule has 0 aromatic carbocycles. The Bertz CT molecular complexity index is 488. The van der Waals surface area contributed by atoms with E-state index < -0.39 is 0 Å². The fourth-order valence-corrected chi connectivity index (χ4v) is 2.70. The van der Waals surface area contributed by atoms with Gasteiger partial charge in [0.15, 0.2) is 0 Å². The predicted octanol–water partition coefficient (Wildman–Crippen LogP) is 3.15. The van der Waals surface area contributed by atoms with Crippen molar-refractivity contribution in [2.45, 2.75) is 27.2 Å². The van der Waals surface area contributed by atoms with E-state index in [1.165, 1.54) is 0 Å². The van der Waals surface area contributed by atoms with Crippen LogP contribution in [0, 0.1) is 5.41 Å². The number of anilines is 1. The van der Waals surface area contributed by atoms with Crippen LogP contribution >= 0.6 is 15.9 Å². The lowest BCUT2D eigenvalue weighted by atomic mass is 9.93. The summed E-state index contributed by atoms with van der Waals surface area (Å²) in [6.07, 6.45) is 2.76. The second-order valence-electron chi connectivity index (χ2n) is 5.72. The van der Waals surface area contributed by atoms with Crippen molar-refractivity contribution in [2.75, 3.05) is 25.0 Å². The Balaban J connectivity index is 2.25. The smallest absolute Gasteiger partial charge is 0.257 e. The van der Waals surface area contributed by atoms with E-state index in [-0.39, 0.29) is 11.3 Å². The van der Waals surface area contributed by atoms with Crippen LogP contribution in [0.2, 0.25) is 0 Å². The molecular weight excluding hydrogens is 306 g/mol. The maximum absolute atomic E-state index is 12.6. The Kier molecular flexibility index (Phi) is 4.13. The summed E-state index contributed by atoms with van der Waals surface area (Å²) in [4.78, 5) is 18.8. The van der Waals surface area contributed by atoms with Gasteiger partial charge in [-0.25, -0.2) is 4.98 Å². The average molecular weight is 326 g/mol. The van der Waals surface area contributed by atoms with Crippen LogP contribution in [-0.4, -0.2) is 35.4 Å². The first-order chi connectivity index (χ1) is 8.93. The lowest BCUT2D eigenvalue weighted by Crippen LogP contribution is -2.31. The summed E-state index contributed by atoms with van der Waals surface area (Å²) in [7, 11) is 0. The molecule has 1 fully saturated rings. The number of carbonyl (C=O) groups is 1. The van der Waals surface area contributed by atoms with Crippen LogP contribution in [0.1, 0.15) is 37.6 Å². The Labute approximate surface area is 122 Å². The Morgan fingerprint density at radius 2 is 2.32 bits per heavy atom. The summed E-state index contributed by atoms with van der Waals surface area (Å²) >= 11 is 3.39. The lowest BCUT2D eigenvalue weighted by Gasteiger charge is -2.21. The van der Waals surface area contributed by atoms with Crippen LogP contribution in [0.4, 0.5) is 5.82 Å². The first-order valence-electron chi connectivity index (χ1n) is 6.61. The summed E-state index contributed by atoms with van der Waals surface area (Å²) in [5.74, 6) is 0.732. The molecule has 1 aromatic rings. The monoisotopic (exact) mass is 325 g/mol. The van der Waals surface area contributed by atoms with E-state index in [1.807, 2.05) is 17.9 Å². The molecule has 5 heteroatoms. The maximum atomic E-state index is 12.6. The standard InChI is InChI=1S/C14H20BrN3O/c1-4-16-12-11(7-10(15)8-17-12)13(19)18-6-5-14(2,3)9-18/h7-8H,4-6,9H2,1-3H3,(H,16,17). The van der Waals surface area contributed by atoms with Crippen LogP contribution in [-0.2, 0) is 0 Å². The van der Waals surface area contributed by atoms with E-state index in [1.54, 1.807) is 6.20 Å². The number of likely N-dealkylation sites (tertiary alicyclic amines) is 1. The van der Waals surface area contributed by atoms with Gasteiger partial charge >= 0.3 is 0 Å². The molecule has 2 heterocycles. The molecule has 0 bridgehead atoms. The summed E-state index contributed by atoms with van der Waals surface area (Å²) in [5, 5.41) is 3.15. The number of pyridine rings is 1. The molecule has 0 atom stereocenters. The number of halogens is 1. The highest BCUT2D eigenvalue weighted by atomic mass is 79.9. The van der Waals surface area contributed by atoms with Crippen molar-refractivity contribution in [2.24, 2.45) is 5.41 Å². The van der Waals surface area contributed by atoms with Gasteiger partial charge in [0.2, 0.25) is 0 Å². The van der Waals surface area contributed by atoms with Crippen molar-refractivity contribution in [3.63, 3.8) is 0 Å². The summed E-state index contributed by atoms with van der Waals surface area (Å²) < 4.78 is 0.830. The second-order valence-corrected chi connectivity index (χ2v) is 6.64. The zero-order valence-corrected chi connectivity index (χ0v) is 13.2. The van der Waals surface area contributed by atoms with Gasteiger partial charge in [-0.3, -0.25) is 4.79 Å². The minimum absolute atomic E-state index is 0.0651. The summed E-state index contributed by atoms with van der Waals surface area (Å²) in [6.45, 7) is 8.78. The SMILES string of the molecule is CCNc1ncc(Br)cc1C(=O)N1CCC(C)(C)C1. The van der Waals surface area contributed by atoms with E-state index in [2.05, 4.69) is 40.1 Å². The van der Waals surface area contributed by atoms with E-state index >= 15 is 0 Å². The van der Waals surface area contributed by atoms with Gasteiger partial charge in [-0.15, -0.1) is 0 Å². The fraction of sp³-hybridized carbons (Fsp3) is 0.571. The Morgan fingerprint density at radius 1 is 1.58 bits per heavy atom. The molecule has 2 rings (SSSR count). The highest BCUT2D eigenvalue weighted by Gasteiger charge is 2.33. The van der Waals surface area contributed by atoms with Crippen molar-refractivity contribution >= 4 is 27.7 Å². The molecule has 0 spiro atoms. The molecule has 0 unspecified atom stereocenters. The number of hydrogen-bond donors (Lipinski definition) is 1. The van der Waals surface area contributed by atoms with Gasteiger partial charge in [-0.05, 0) is 40.8 Å². The zero-order valence-electron chi connectivity index (χ0n) is 11.7. The van der Waals surface area contributed by atoms with E-state index in [4.69, 9.17) is 0 Å². The maximum Gasteiger partial charge on any atom is 0.257 e. The number of nitrogens with one attached hydrogen (secondary N) is 1. The van der Waals surface area contributed by atoms with Crippen molar-refractivity contribution in [3.8, 4) is 0 Å². The molecule has 1 aromatic heterocycles. The topological polar surface area (TPSA) is 45.2 Å². The quantitative estimate of drug-likeness (QED) is 0.928. The van der Waals surface area contributed by atoms with Crippen LogP contribution in [0.25, 0.3) is 0 Å². The van der Waals surface area contributed by atoms with Gasteiger partial charge in [0, 0.05) is 30.3 Å². The summed E-state index contributed by atoms with van der Waals surface area (Å²) in [5.41, 5.74) is 0.863. The molecule has 1 N–H and O–H groups in total. The van der Waals surface area contributed by atoms with Gasteiger partial charge < -0.3 is 10.2 Å². The van der Waals surface area contributed by atoms with E-state index in [0.29, 0.717) is 11.4 Å². The molecular formula is C14H20BrN3O. The molecule has 0 radical (unpaired) electrons. The highest BCUT2D eigenvalue weighted by Crippen LogP contribution is 2.31.